The molecule has 2 heterocycles. The van der Waals surface area contributed by atoms with Gasteiger partial charge in [-0.3, -0.25) is 14.2 Å². The number of carbonyl (C=O) groups excluding carboxylic acids is 1. The first-order chi connectivity index (χ1) is 11.1. The molecule has 0 aromatic carbocycles. The molecule has 8 heteroatoms. The summed E-state index contributed by atoms with van der Waals surface area (Å²) in [4.78, 5) is 29.7. The number of aromatic nitrogens is 2. The highest BCUT2D eigenvalue weighted by molar-refractivity contribution is 5.76. The second kappa shape index (κ2) is 6.74. The summed E-state index contributed by atoms with van der Waals surface area (Å²) < 4.78 is 31.8. The average molecular weight is 327 g/mol. The predicted molar refractivity (Wildman–Crippen MR) is 77.2 cm³/mol. The largest absolute Gasteiger partial charge is 0.374 e. The van der Waals surface area contributed by atoms with Gasteiger partial charge in [-0.15, -0.1) is 0 Å². The second-order valence-electron chi connectivity index (χ2n) is 5.93. The fourth-order valence-electron chi connectivity index (χ4n) is 3.32. The van der Waals surface area contributed by atoms with Gasteiger partial charge in [-0.25, -0.2) is 13.8 Å². The van der Waals surface area contributed by atoms with Crippen molar-refractivity contribution in [2.45, 2.75) is 50.8 Å². The van der Waals surface area contributed by atoms with Gasteiger partial charge >= 0.3 is 0 Å². The lowest BCUT2D eigenvalue weighted by molar-refractivity contribution is -0.150. The van der Waals surface area contributed by atoms with Crippen LogP contribution in [0.4, 0.5) is 8.78 Å². The highest BCUT2D eigenvalue weighted by atomic mass is 19.3. The maximum absolute atomic E-state index is 12.5. The summed E-state index contributed by atoms with van der Waals surface area (Å²) in [6.45, 7) is 0.806. The minimum atomic E-state index is -2.80. The standard InChI is InChI=1S/C15H19F2N3O3/c16-15(17)10-7-13(21)19(9-18-10)8-14(22)20-5-6-23-12-4-2-1-3-11(12)20/h7,9,11-12,15H,1-6,8H2. The van der Waals surface area contributed by atoms with Gasteiger partial charge in [0.15, 0.2) is 0 Å². The zero-order valence-corrected chi connectivity index (χ0v) is 12.7. The molecule has 0 radical (unpaired) electrons. The summed E-state index contributed by atoms with van der Waals surface area (Å²) in [6, 6.07) is 0.828. The molecule has 126 valence electrons. The summed E-state index contributed by atoms with van der Waals surface area (Å²) in [5.74, 6) is -0.195. The maximum atomic E-state index is 12.5. The van der Waals surface area contributed by atoms with Crippen LogP contribution >= 0.6 is 0 Å². The van der Waals surface area contributed by atoms with E-state index in [-0.39, 0.29) is 24.6 Å². The first-order valence-corrected chi connectivity index (χ1v) is 7.82. The Balaban J connectivity index is 1.72. The molecule has 1 aromatic heterocycles. The molecule has 2 aliphatic rings. The molecule has 23 heavy (non-hydrogen) atoms. The van der Waals surface area contributed by atoms with Gasteiger partial charge in [0.05, 0.1) is 25.1 Å². The second-order valence-corrected chi connectivity index (χ2v) is 5.93. The van der Waals surface area contributed by atoms with Gasteiger partial charge in [0, 0.05) is 12.6 Å². The van der Waals surface area contributed by atoms with E-state index in [4.69, 9.17) is 4.74 Å². The van der Waals surface area contributed by atoms with Crippen molar-refractivity contribution in [1.29, 1.82) is 0 Å². The van der Waals surface area contributed by atoms with Crippen LogP contribution in [0, 0.1) is 0 Å². The molecule has 1 saturated heterocycles. The van der Waals surface area contributed by atoms with E-state index in [0.717, 1.165) is 42.6 Å². The lowest BCUT2D eigenvalue weighted by Crippen LogP contribution is -2.55. The first kappa shape index (κ1) is 16.0. The molecule has 3 rings (SSSR count). The number of carbonyl (C=O) groups is 1. The molecule has 2 fully saturated rings. The van der Waals surface area contributed by atoms with Gasteiger partial charge in [-0.1, -0.05) is 12.8 Å². The van der Waals surface area contributed by atoms with Crippen molar-refractivity contribution in [3.8, 4) is 0 Å². The van der Waals surface area contributed by atoms with Crippen molar-refractivity contribution < 1.29 is 18.3 Å². The number of halogens is 2. The summed E-state index contributed by atoms with van der Waals surface area (Å²) in [5.41, 5.74) is -1.21. The molecule has 2 atom stereocenters. The van der Waals surface area contributed by atoms with Crippen LogP contribution in [-0.2, 0) is 16.1 Å². The van der Waals surface area contributed by atoms with Gasteiger partial charge < -0.3 is 9.64 Å². The number of alkyl halides is 2. The van der Waals surface area contributed by atoms with Crippen LogP contribution < -0.4 is 5.56 Å². The fourth-order valence-corrected chi connectivity index (χ4v) is 3.32. The molecule has 1 aliphatic heterocycles. The quantitative estimate of drug-likeness (QED) is 0.841. The number of rotatable bonds is 3. The predicted octanol–water partition coefficient (Wildman–Crippen LogP) is 1.35. The number of hydrogen-bond donors (Lipinski definition) is 0. The Morgan fingerprint density at radius 3 is 2.91 bits per heavy atom. The van der Waals surface area contributed by atoms with Crippen LogP contribution in [-0.4, -0.2) is 45.7 Å². The van der Waals surface area contributed by atoms with E-state index < -0.39 is 17.7 Å². The van der Waals surface area contributed by atoms with Gasteiger partial charge in [-0.2, -0.15) is 0 Å². The Labute approximate surface area is 132 Å². The van der Waals surface area contributed by atoms with E-state index in [2.05, 4.69) is 4.98 Å². The number of hydrogen-bond acceptors (Lipinski definition) is 4. The number of nitrogens with zero attached hydrogens (tertiary/aromatic N) is 3. The SMILES string of the molecule is O=C(Cn1cnc(C(F)F)cc1=O)N1CCOC2CCCCC21. The zero-order valence-electron chi connectivity index (χ0n) is 12.7. The van der Waals surface area contributed by atoms with Crippen molar-refractivity contribution >= 4 is 5.91 Å². The average Bonchev–Trinajstić information content (AvgIpc) is 2.56. The smallest absolute Gasteiger partial charge is 0.280 e. The molecule has 1 aliphatic carbocycles. The molecule has 6 nitrogen and oxygen atoms in total. The molecule has 1 aromatic rings. The third kappa shape index (κ3) is 3.41. The molecule has 2 unspecified atom stereocenters. The van der Waals surface area contributed by atoms with E-state index in [1.54, 1.807) is 4.90 Å². The van der Waals surface area contributed by atoms with Gasteiger partial charge in [0.2, 0.25) is 5.91 Å². The fraction of sp³-hybridized carbons (Fsp3) is 0.667. The van der Waals surface area contributed by atoms with Crippen molar-refractivity contribution in [3.05, 3.63) is 28.4 Å². The summed E-state index contributed by atoms with van der Waals surface area (Å²) in [5, 5.41) is 0. The van der Waals surface area contributed by atoms with Crippen LogP contribution in [0.25, 0.3) is 0 Å². The van der Waals surface area contributed by atoms with Gasteiger partial charge in [0.1, 0.15) is 12.2 Å². The zero-order chi connectivity index (χ0) is 16.4. The molecule has 1 amide bonds. The Kier molecular flexibility index (Phi) is 4.70. The van der Waals surface area contributed by atoms with Crippen molar-refractivity contribution in [2.75, 3.05) is 13.2 Å². The third-order valence-corrected chi connectivity index (χ3v) is 4.48. The monoisotopic (exact) mass is 327 g/mol. The van der Waals surface area contributed by atoms with E-state index in [9.17, 15) is 18.4 Å². The lowest BCUT2D eigenvalue weighted by Gasteiger charge is -2.43. The van der Waals surface area contributed by atoms with E-state index in [0.29, 0.717) is 13.2 Å². The highest BCUT2D eigenvalue weighted by Crippen LogP contribution is 2.28. The highest BCUT2D eigenvalue weighted by Gasteiger charge is 2.36. The van der Waals surface area contributed by atoms with Crippen LogP contribution in [0.3, 0.4) is 0 Å². The molecular weight excluding hydrogens is 308 g/mol. The van der Waals surface area contributed by atoms with Gasteiger partial charge in [-0.05, 0) is 12.8 Å². The van der Waals surface area contributed by atoms with E-state index >= 15 is 0 Å². The number of fused-ring (bicyclic) bond motifs is 1. The molecular formula is C15H19F2N3O3. The Hall–Kier alpha value is -1.83. The van der Waals surface area contributed by atoms with Crippen molar-refractivity contribution in [3.63, 3.8) is 0 Å². The lowest BCUT2D eigenvalue weighted by atomic mass is 9.90. The third-order valence-electron chi connectivity index (χ3n) is 4.48. The molecule has 0 N–H and O–H groups in total. The molecule has 1 saturated carbocycles. The minimum absolute atomic E-state index is 0.0500. The van der Waals surface area contributed by atoms with Gasteiger partial charge in [0.25, 0.3) is 12.0 Å². The maximum Gasteiger partial charge on any atom is 0.280 e. The van der Waals surface area contributed by atoms with Crippen molar-refractivity contribution in [2.24, 2.45) is 0 Å². The minimum Gasteiger partial charge on any atom is -0.374 e. The normalized spacial score (nSPS) is 24.6. The first-order valence-electron chi connectivity index (χ1n) is 7.82. The Morgan fingerprint density at radius 2 is 2.17 bits per heavy atom. The van der Waals surface area contributed by atoms with E-state index in [1.807, 2.05) is 0 Å². The number of amides is 1. The Morgan fingerprint density at radius 1 is 1.39 bits per heavy atom. The summed E-state index contributed by atoms with van der Waals surface area (Å²) in [7, 11) is 0. The van der Waals surface area contributed by atoms with Crippen LogP contribution in [0.2, 0.25) is 0 Å². The van der Waals surface area contributed by atoms with Crippen LogP contribution in [0.1, 0.15) is 37.8 Å². The summed E-state index contributed by atoms with van der Waals surface area (Å²) in [6.07, 6.45) is 2.28. The summed E-state index contributed by atoms with van der Waals surface area (Å²) >= 11 is 0. The van der Waals surface area contributed by atoms with Crippen LogP contribution in [0.5, 0.6) is 0 Å². The molecule has 0 bridgehead atoms. The molecule has 0 spiro atoms. The van der Waals surface area contributed by atoms with Crippen LogP contribution in [0.15, 0.2) is 17.2 Å². The Bertz CT molecular complexity index is 633. The topological polar surface area (TPSA) is 64.4 Å². The number of morpholine rings is 1. The number of ether oxygens (including phenoxy) is 1. The van der Waals surface area contributed by atoms with Crippen molar-refractivity contribution in [1.82, 2.24) is 14.5 Å². The van der Waals surface area contributed by atoms with E-state index in [1.165, 1.54) is 0 Å².